The fourth-order valence-electron chi connectivity index (χ4n) is 3.54. The number of rotatable bonds is 3. The van der Waals surface area contributed by atoms with Crippen LogP contribution in [0.3, 0.4) is 0 Å². The van der Waals surface area contributed by atoms with E-state index < -0.39 is 0 Å². The Morgan fingerprint density at radius 2 is 2.00 bits per heavy atom. The van der Waals surface area contributed by atoms with E-state index in [1.807, 2.05) is 18.3 Å². The van der Waals surface area contributed by atoms with Crippen molar-refractivity contribution in [2.45, 2.75) is 25.8 Å². The summed E-state index contributed by atoms with van der Waals surface area (Å²) < 4.78 is 2.16. The molecule has 1 aliphatic heterocycles. The highest BCUT2D eigenvalue weighted by Crippen LogP contribution is 2.29. The van der Waals surface area contributed by atoms with E-state index in [1.54, 1.807) is 0 Å². The second-order valence-corrected chi connectivity index (χ2v) is 6.58. The lowest BCUT2D eigenvalue weighted by Crippen LogP contribution is -2.20. The Labute approximate surface area is 136 Å². The Hall–Kier alpha value is -2.20. The summed E-state index contributed by atoms with van der Waals surface area (Å²) >= 11 is 0. The van der Waals surface area contributed by atoms with Crippen LogP contribution in [0.1, 0.15) is 29.3 Å². The Morgan fingerprint density at radius 3 is 2.78 bits per heavy atom. The van der Waals surface area contributed by atoms with E-state index in [9.17, 15) is 0 Å². The van der Waals surface area contributed by atoms with Crippen molar-refractivity contribution in [3.8, 4) is 0 Å². The summed E-state index contributed by atoms with van der Waals surface area (Å²) in [5, 5.41) is 0. The van der Waals surface area contributed by atoms with Crippen LogP contribution < -0.4 is 0 Å². The highest BCUT2D eigenvalue weighted by Gasteiger charge is 2.27. The average molecular weight is 306 g/mol. The van der Waals surface area contributed by atoms with Crippen molar-refractivity contribution < 1.29 is 0 Å². The minimum Gasteiger partial charge on any atom is -0.316 e. The van der Waals surface area contributed by atoms with Crippen LogP contribution in [0.5, 0.6) is 0 Å². The molecule has 3 heterocycles. The summed E-state index contributed by atoms with van der Waals surface area (Å²) in [7, 11) is 2.08. The van der Waals surface area contributed by atoms with Gasteiger partial charge < -0.3 is 4.57 Å². The molecular formula is C19H22N4. The number of imidazole rings is 1. The number of pyridine rings is 1. The normalized spacial score (nSPS) is 18.8. The van der Waals surface area contributed by atoms with E-state index in [0.717, 1.165) is 30.8 Å². The van der Waals surface area contributed by atoms with Crippen LogP contribution in [0.25, 0.3) is 11.2 Å². The molecule has 0 bridgehead atoms. The predicted molar refractivity (Wildman–Crippen MR) is 92.3 cm³/mol. The largest absolute Gasteiger partial charge is 0.316 e. The van der Waals surface area contributed by atoms with Crippen LogP contribution in [0.2, 0.25) is 0 Å². The third-order valence-corrected chi connectivity index (χ3v) is 4.83. The second-order valence-electron chi connectivity index (χ2n) is 6.58. The topological polar surface area (TPSA) is 34.0 Å². The zero-order valence-corrected chi connectivity index (χ0v) is 13.7. The van der Waals surface area contributed by atoms with Gasteiger partial charge in [0.1, 0.15) is 11.3 Å². The molecule has 0 aliphatic carbocycles. The van der Waals surface area contributed by atoms with Gasteiger partial charge in [0.15, 0.2) is 5.65 Å². The lowest BCUT2D eigenvalue weighted by Gasteiger charge is -2.16. The van der Waals surface area contributed by atoms with Gasteiger partial charge in [0, 0.05) is 32.3 Å². The van der Waals surface area contributed by atoms with Crippen molar-refractivity contribution in [2.75, 3.05) is 13.1 Å². The third kappa shape index (κ3) is 2.75. The molecule has 0 spiro atoms. The zero-order valence-electron chi connectivity index (χ0n) is 13.7. The third-order valence-electron chi connectivity index (χ3n) is 4.83. The quantitative estimate of drug-likeness (QED) is 0.745. The van der Waals surface area contributed by atoms with Gasteiger partial charge in [-0.1, -0.05) is 29.8 Å². The van der Waals surface area contributed by atoms with Gasteiger partial charge in [0.25, 0.3) is 0 Å². The minimum atomic E-state index is 0.500. The van der Waals surface area contributed by atoms with Gasteiger partial charge in [-0.3, -0.25) is 4.90 Å². The predicted octanol–water partition coefficient (Wildman–Crippen LogP) is 3.27. The van der Waals surface area contributed by atoms with E-state index in [1.165, 1.54) is 23.4 Å². The van der Waals surface area contributed by atoms with Gasteiger partial charge in [0.05, 0.1) is 0 Å². The van der Waals surface area contributed by atoms with Crippen LogP contribution in [-0.2, 0) is 13.6 Å². The van der Waals surface area contributed by atoms with Crippen molar-refractivity contribution in [3.05, 3.63) is 59.5 Å². The van der Waals surface area contributed by atoms with E-state index in [-0.39, 0.29) is 0 Å². The Morgan fingerprint density at radius 1 is 1.17 bits per heavy atom. The first-order valence-electron chi connectivity index (χ1n) is 8.26. The second kappa shape index (κ2) is 5.78. The first-order chi connectivity index (χ1) is 11.2. The van der Waals surface area contributed by atoms with Crippen LogP contribution >= 0.6 is 0 Å². The van der Waals surface area contributed by atoms with Crippen molar-refractivity contribution >= 4 is 11.2 Å². The highest BCUT2D eigenvalue weighted by molar-refractivity contribution is 5.71. The summed E-state index contributed by atoms with van der Waals surface area (Å²) in [5.74, 6) is 1.67. The molecule has 0 saturated carbocycles. The number of likely N-dealkylation sites (tertiary alicyclic amines) is 1. The first kappa shape index (κ1) is 14.4. The zero-order chi connectivity index (χ0) is 15.8. The standard InChI is InChI=1S/C19H22N4/c1-14-5-7-15(8-6-14)12-23-11-9-16(13-23)18-21-17-4-3-10-20-19(17)22(18)2/h3-8,10,16H,9,11-13H2,1-2H3/t16-/m1/s1. The summed E-state index contributed by atoms with van der Waals surface area (Å²) in [6, 6.07) is 12.9. The first-order valence-corrected chi connectivity index (χ1v) is 8.26. The molecular weight excluding hydrogens is 284 g/mol. The maximum Gasteiger partial charge on any atom is 0.159 e. The Bertz CT molecular complexity index is 819. The lowest BCUT2D eigenvalue weighted by atomic mass is 10.1. The molecule has 0 radical (unpaired) electrons. The monoisotopic (exact) mass is 306 g/mol. The lowest BCUT2D eigenvalue weighted by molar-refractivity contribution is 0.325. The molecule has 1 atom stereocenters. The van der Waals surface area contributed by atoms with Crippen molar-refractivity contribution in [3.63, 3.8) is 0 Å². The van der Waals surface area contributed by atoms with Crippen molar-refractivity contribution in [1.29, 1.82) is 0 Å². The number of nitrogens with zero attached hydrogens (tertiary/aromatic N) is 4. The molecule has 23 heavy (non-hydrogen) atoms. The number of aryl methyl sites for hydroxylation is 2. The molecule has 1 fully saturated rings. The smallest absolute Gasteiger partial charge is 0.159 e. The summed E-state index contributed by atoms with van der Waals surface area (Å²) in [5.41, 5.74) is 4.70. The molecule has 3 aromatic rings. The van der Waals surface area contributed by atoms with E-state index in [2.05, 4.69) is 52.7 Å². The number of hydrogen-bond donors (Lipinski definition) is 0. The molecule has 4 nitrogen and oxygen atoms in total. The number of hydrogen-bond acceptors (Lipinski definition) is 3. The molecule has 0 unspecified atom stereocenters. The number of fused-ring (bicyclic) bond motifs is 1. The molecule has 1 saturated heterocycles. The van der Waals surface area contributed by atoms with E-state index >= 15 is 0 Å². The minimum absolute atomic E-state index is 0.500. The maximum atomic E-state index is 4.82. The van der Waals surface area contributed by atoms with Gasteiger partial charge in [-0.25, -0.2) is 9.97 Å². The van der Waals surface area contributed by atoms with E-state index in [4.69, 9.17) is 4.98 Å². The highest BCUT2D eigenvalue weighted by atomic mass is 15.2. The molecule has 1 aliphatic rings. The van der Waals surface area contributed by atoms with Crippen LogP contribution in [0, 0.1) is 6.92 Å². The van der Waals surface area contributed by atoms with Crippen molar-refractivity contribution in [1.82, 2.24) is 19.4 Å². The summed E-state index contributed by atoms with van der Waals surface area (Å²) in [4.78, 5) is 11.8. The number of aromatic nitrogens is 3. The van der Waals surface area contributed by atoms with Gasteiger partial charge in [-0.2, -0.15) is 0 Å². The summed E-state index contributed by atoms with van der Waals surface area (Å²) in [6.45, 7) is 5.37. The maximum absolute atomic E-state index is 4.82. The molecule has 0 amide bonds. The van der Waals surface area contributed by atoms with Crippen LogP contribution in [0.15, 0.2) is 42.6 Å². The van der Waals surface area contributed by atoms with Gasteiger partial charge >= 0.3 is 0 Å². The Balaban J connectivity index is 1.51. The average Bonchev–Trinajstić information content (AvgIpc) is 3.15. The van der Waals surface area contributed by atoms with Gasteiger partial charge in [-0.15, -0.1) is 0 Å². The van der Waals surface area contributed by atoms with E-state index in [0.29, 0.717) is 5.92 Å². The molecule has 4 rings (SSSR count). The molecule has 0 N–H and O–H groups in total. The summed E-state index contributed by atoms with van der Waals surface area (Å²) in [6.07, 6.45) is 3.01. The SMILES string of the molecule is Cc1ccc(CN2CC[C@@H](c3nc4cccnc4n3C)C2)cc1. The molecule has 1 aromatic carbocycles. The number of benzene rings is 1. The fraction of sp³-hybridized carbons (Fsp3) is 0.368. The fourth-order valence-corrected chi connectivity index (χ4v) is 3.54. The van der Waals surface area contributed by atoms with Gasteiger partial charge in [-0.05, 0) is 37.6 Å². The molecule has 118 valence electrons. The van der Waals surface area contributed by atoms with Crippen LogP contribution in [-0.4, -0.2) is 32.5 Å². The van der Waals surface area contributed by atoms with Crippen molar-refractivity contribution in [2.24, 2.45) is 7.05 Å². The van der Waals surface area contributed by atoms with Crippen LogP contribution in [0.4, 0.5) is 0 Å². The Kier molecular flexibility index (Phi) is 3.62. The molecule has 2 aromatic heterocycles. The van der Waals surface area contributed by atoms with Gasteiger partial charge in [0.2, 0.25) is 0 Å². The molecule has 4 heteroatoms.